The Hall–Kier alpha value is -0.200. The van der Waals surface area contributed by atoms with Gasteiger partial charge in [-0.05, 0) is 12.8 Å². The molecular formula is C32H48Br2N4S4. The van der Waals surface area contributed by atoms with Crippen LogP contribution in [0.5, 0.6) is 0 Å². The summed E-state index contributed by atoms with van der Waals surface area (Å²) < 4.78 is 4.43. The molecule has 2 fully saturated rings. The first-order valence-corrected chi connectivity index (χ1v) is 17.7. The van der Waals surface area contributed by atoms with E-state index in [1.165, 1.54) is 63.0 Å². The molecule has 0 saturated carbocycles. The van der Waals surface area contributed by atoms with Crippen molar-refractivity contribution in [2.24, 2.45) is 0 Å². The van der Waals surface area contributed by atoms with Gasteiger partial charge in [0.15, 0.2) is 0 Å². The minimum atomic E-state index is 0. The number of benzene rings is 2. The van der Waals surface area contributed by atoms with E-state index in [1.54, 1.807) is 0 Å². The Morgan fingerprint density at radius 2 is 0.929 bits per heavy atom. The van der Waals surface area contributed by atoms with Crippen molar-refractivity contribution in [2.45, 2.75) is 38.8 Å². The third kappa shape index (κ3) is 12.7. The van der Waals surface area contributed by atoms with E-state index >= 15 is 0 Å². The van der Waals surface area contributed by atoms with E-state index in [4.69, 9.17) is 24.4 Å². The summed E-state index contributed by atoms with van der Waals surface area (Å²) >= 11 is 15.4. The van der Waals surface area contributed by atoms with Crippen molar-refractivity contribution in [3.05, 3.63) is 71.8 Å². The number of unbranched alkanes of at least 4 members (excludes halogenated alkanes) is 3. The normalized spacial score (nSPS) is 17.6. The lowest BCUT2D eigenvalue weighted by molar-refractivity contribution is -0.925. The van der Waals surface area contributed by atoms with Crippen molar-refractivity contribution in [1.29, 1.82) is 0 Å². The molecule has 0 aromatic heterocycles. The first-order valence-electron chi connectivity index (χ1n) is 14.9. The highest BCUT2D eigenvalue weighted by molar-refractivity contribution is 8.23. The third-order valence-electron chi connectivity index (χ3n) is 8.46. The lowest BCUT2D eigenvalue weighted by Gasteiger charge is -2.42. The number of piperazine rings is 2. The molecule has 2 aromatic carbocycles. The van der Waals surface area contributed by atoms with Crippen LogP contribution in [0, 0.1) is 0 Å². The van der Waals surface area contributed by atoms with Crippen molar-refractivity contribution in [1.82, 2.24) is 9.80 Å². The van der Waals surface area contributed by atoms with E-state index in [2.05, 4.69) is 84.6 Å². The van der Waals surface area contributed by atoms with Gasteiger partial charge in [-0.15, -0.1) is 0 Å². The van der Waals surface area contributed by atoms with Crippen LogP contribution in [0.25, 0.3) is 0 Å². The van der Waals surface area contributed by atoms with Crippen LogP contribution >= 0.6 is 48.0 Å². The molecule has 4 nitrogen and oxygen atoms in total. The molecule has 0 bridgehead atoms. The summed E-state index contributed by atoms with van der Waals surface area (Å²) in [4.78, 5) is 4.87. The molecule has 42 heavy (non-hydrogen) atoms. The van der Waals surface area contributed by atoms with Gasteiger partial charge in [0.1, 0.15) is 21.7 Å². The van der Waals surface area contributed by atoms with E-state index < -0.39 is 0 Å². The number of thioether (sulfide) groups is 2. The summed E-state index contributed by atoms with van der Waals surface area (Å²) in [5.74, 6) is 2.29. The van der Waals surface area contributed by atoms with Gasteiger partial charge in [-0.25, -0.2) is 0 Å². The largest absolute Gasteiger partial charge is 1.00 e. The number of likely N-dealkylation sites (N-methyl/N-ethyl adjacent to an activating group) is 2. The van der Waals surface area contributed by atoms with Crippen LogP contribution in [0.1, 0.15) is 36.8 Å². The van der Waals surface area contributed by atoms with Crippen molar-refractivity contribution >= 4 is 56.6 Å². The second kappa shape index (κ2) is 19.3. The molecule has 0 aliphatic carbocycles. The molecule has 2 heterocycles. The van der Waals surface area contributed by atoms with Crippen LogP contribution < -0.4 is 34.0 Å². The summed E-state index contributed by atoms with van der Waals surface area (Å²) in [5, 5.41) is 0. The Kier molecular flexibility index (Phi) is 17.5. The van der Waals surface area contributed by atoms with Crippen molar-refractivity contribution < 1.29 is 42.9 Å². The molecule has 234 valence electrons. The van der Waals surface area contributed by atoms with Crippen molar-refractivity contribution in [3.8, 4) is 0 Å². The van der Waals surface area contributed by atoms with Gasteiger partial charge in [0.2, 0.25) is 0 Å². The molecule has 0 spiro atoms. The number of rotatable bonds is 11. The highest BCUT2D eigenvalue weighted by Crippen LogP contribution is 2.22. The van der Waals surface area contributed by atoms with Crippen molar-refractivity contribution in [2.75, 3.05) is 78.0 Å². The molecule has 0 radical (unpaired) electrons. The second-order valence-electron chi connectivity index (χ2n) is 12.0. The van der Waals surface area contributed by atoms with Crippen LogP contribution in [-0.2, 0) is 13.1 Å². The topological polar surface area (TPSA) is 6.48 Å². The molecular weight excluding hydrogens is 728 g/mol. The fourth-order valence-electron chi connectivity index (χ4n) is 5.68. The molecule has 10 heteroatoms. The van der Waals surface area contributed by atoms with Crippen LogP contribution in [0.15, 0.2) is 60.7 Å². The zero-order valence-electron chi connectivity index (χ0n) is 25.3. The van der Waals surface area contributed by atoms with E-state index in [1.807, 2.05) is 23.5 Å². The average molecular weight is 777 g/mol. The van der Waals surface area contributed by atoms with E-state index in [-0.39, 0.29) is 34.0 Å². The lowest BCUT2D eigenvalue weighted by atomic mass is 10.1. The van der Waals surface area contributed by atoms with Gasteiger partial charge < -0.3 is 52.7 Å². The summed E-state index contributed by atoms with van der Waals surface area (Å²) in [6, 6.07) is 21.8. The van der Waals surface area contributed by atoms with Crippen LogP contribution in [0.2, 0.25) is 0 Å². The summed E-state index contributed by atoms with van der Waals surface area (Å²) in [5.41, 5.74) is 2.87. The van der Waals surface area contributed by atoms with Gasteiger partial charge in [-0.1, -0.05) is 121 Å². The van der Waals surface area contributed by atoms with Crippen LogP contribution in [-0.4, -0.2) is 105 Å². The Bertz CT molecular complexity index is 975. The standard InChI is InChI=1S/C32H48N4S4.2BrH/c1-35(27-29-13-7-5-8-14-29)21-17-33(18-22-35)31(37)39-25-11-3-4-12-26-40-32(38)34-19-23-36(2,24-20-34)28-30-15-9-6-10-16-30;;/h5-10,13-16H,3-4,11-12,17-28H2,1-2H3;2*1H/q+2;;/p-2. The number of hydrogen-bond donors (Lipinski definition) is 0. The molecule has 0 atom stereocenters. The fourth-order valence-corrected chi connectivity index (χ4v) is 8.33. The number of halogens is 2. The van der Waals surface area contributed by atoms with Gasteiger partial charge >= 0.3 is 0 Å². The van der Waals surface area contributed by atoms with Gasteiger partial charge in [-0.2, -0.15) is 0 Å². The second-order valence-corrected chi connectivity index (χ2v) is 15.5. The quantitative estimate of drug-likeness (QED) is 0.186. The number of nitrogens with zero attached hydrogens (tertiary/aromatic N) is 4. The zero-order valence-corrected chi connectivity index (χ0v) is 31.7. The number of thiocarbonyl (C=S) groups is 2. The maximum atomic E-state index is 5.79. The molecule has 0 unspecified atom stereocenters. The molecule has 4 rings (SSSR count). The smallest absolute Gasteiger partial charge is 0.136 e. The summed E-state index contributed by atoms with van der Waals surface area (Å²) in [6.07, 6.45) is 5.07. The third-order valence-corrected chi connectivity index (χ3v) is 11.7. The van der Waals surface area contributed by atoms with Gasteiger partial charge in [-0.3, -0.25) is 0 Å². The van der Waals surface area contributed by atoms with E-state index in [0.717, 1.165) is 68.4 Å². The highest BCUT2D eigenvalue weighted by atomic mass is 79.9. The van der Waals surface area contributed by atoms with Crippen LogP contribution in [0.4, 0.5) is 0 Å². The predicted molar refractivity (Wildman–Crippen MR) is 184 cm³/mol. The van der Waals surface area contributed by atoms with E-state index in [0.29, 0.717) is 0 Å². The zero-order chi connectivity index (χ0) is 28.3. The number of quaternary nitrogens is 2. The van der Waals surface area contributed by atoms with Crippen molar-refractivity contribution in [3.63, 3.8) is 0 Å². The maximum absolute atomic E-state index is 5.79. The summed E-state index contributed by atoms with van der Waals surface area (Å²) in [6.45, 7) is 11.2. The number of hydrogen-bond acceptors (Lipinski definition) is 4. The fraction of sp³-hybridized carbons (Fsp3) is 0.562. The predicted octanol–water partition coefficient (Wildman–Crippen LogP) is 0.516. The summed E-state index contributed by atoms with van der Waals surface area (Å²) in [7, 11) is 4.78. The van der Waals surface area contributed by atoms with Crippen LogP contribution in [0.3, 0.4) is 0 Å². The minimum absolute atomic E-state index is 0. The SMILES string of the molecule is C[N+]1(Cc2ccccc2)CCN(C(=S)SCCCCCCSC(=S)N2CC[N+](C)(Cc3ccccc3)CC2)CC1.[Br-].[Br-]. The minimum Gasteiger partial charge on any atom is -1.00 e. The maximum Gasteiger partial charge on any atom is 0.136 e. The highest BCUT2D eigenvalue weighted by Gasteiger charge is 2.31. The Balaban J connectivity index is 0.00000308. The lowest BCUT2D eigenvalue weighted by Crippen LogP contribution is -3.00. The molecule has 0 amide bonds. The molecule has 0 N–H and O–H groups in total. The monoisotopic (exact) mass is 774 g/mol. The molecule has 2 aliphatic rings. The van der Waals surface area contributed by atoms with Gasteiger partial charge in [0.05, 0.1) is 66.5 Å². The molecule has 2 aromatic rings. The van der Waals surface area contributed by atoms with E-state index in [9.17, 15) is 0 Å². The Labute approximate surface area is 295 Å². The van der Waals surface area contributed by atoms with Gasteiger partial charge in [0, 0.05) is 22.6 Å². The first kappa shape index (κ1) is 38.0. The molecule has 2 aliphatic heterocycles. The molecule has 2 saturated heterocycles. The average Bonchev–Trinajstić information content (AvgIpc) is 2.95. The first-order chi connectivity index (χ1) is 19.3. The Morgan fingerprint density at radius 1 is 0.595 bits per heavy atom. The Morgan fingerprint density at radius 3 is 1.26 bits per heavy atom. The van der Waals surface area contributed by atoms with Gasteiger partial charge in [0.25, 0.3) is 0 Å².